The van der Waals surface area contributed by atoms with Crippen molar-refractivity contribution < 1.29 is 0 Å². The van der Waals surface area contributed by atoms with Gasteiger partial charge in [-0.25, -0.2) is 4.98 Å². The topological polar surface area (TPSA) is 82.4 Å². The van der Waals surface area contributed by atoms with Crippen molar-refractivity contribution in [3.63, 3.8) is 0 Å². The fraction of sp³-hybridized carbons (Fsp3) is 0.111. The molecular weight excluding hydrogens is 320 g/mol. The number of nitrogens with one attached hydrogen (secondary N) is 1. The van der Waals surface area contributed by atoms with E-state index in [2.05, 4.69) is 21.0 Å². The smallest absolute Gasteiger partial charge is 0.270 e. The first-order valence-corrected chi connectivity index (χ1v) is 8.29. The zero-order valence-electron chi connectivity index (χ0n) is 13.0. The van der Waals surface area contributed by atoms with Crippen LogP contribution in [-0.2, 0) is 5.75 Å². The number of aromatic nitrogens is 3. The number of pyridine rings is 1. The minimum atomic E-state index is -0.425. The van der Waals surface area contributed by atoms with E-state index in [1.54, 1.807) is 24.5 Å². The number of aromatic amines is 1. The molecule has 5 nitrogen and oxygen atoms in total. The van der Waals surface area contributed by atoms with Gasteiger partial charge in [0.2, 0.25) is 0 Å². The lowest BCUT2D eigenvalue weighted by Gasteiger charge is -2.06. The van der Waals surface area contributed by atoms with Gasteiger partial charge < -0.3 is 4.98 Å². The second-order valence-electron chi connectivity index (χ2n) is 5.22. The van der Waals surface area contributed by atoms with Gasteiger partial charge in [-0.05, 0) is 24.6 Å². The van der Waals surface area contributed by atoms with Crippen molar-refractivity contribution in [3.8, 4) is 17.3 Å². The molecule has 2 aromatic heterocycles. The Labute approximate surface area is 143 Å². The molecule has 0 bridgehead atoms. The molecule has 3 rings (SSSR count). The molecule has 0 saturated heterocycles. The molecule has 1 aromatic carbocycles. The third-order valence-electron chi connectivity index (χ3n) is 3.42. The van der Waals surface area contributed by atoms with E-state index in [0.717, 1.165) is 5.56 Å². The van der Waals surface area contributed by atoms with E-state index in [1.807, 2.05) is 31.2 Å². The average Bonchev–Trinajstić information content (AvgIpc) is 2.60. The molecule has 0 saturated carbocycles. The first-order valence-electron chi connectivity index (χ1n) is 7.30. The summed E-state index contributed by atoms with van der Waals surface area (Å²) in [6, 6.07) is 13.6. The summed E-state index contributed by atoms with van der Waals surface area (Å²) >= 11 is 1.43. The second kappa shape index (κ2) is 7.11. The highest BCUT2D eigenvalue weighted by atomic mass is 32.2. The van der Waals surface area contributed by atoms with E-state index in [-0.39, 0.29) is 5.56 Å². The van der Waals surface area contributed by atoms with Crippen LogP contribution in [0.1, 0.15) is 16.7 Å². The van der Waals surface area contributed by atoms with Crippen molar-refractivity contribution in [2.75, 3.05) is 0 Å². The minimum absolute atomic E-state index is 0.0149. The van der Waals surface area contributed by atoms with E-state index in [0.29, 0.717) is 22.2 Å². The predicted molar refractivity (Wildman–Crippen MR) is 93.5 cm³/mol. The van der Waals surface area contributed by atoms with E-state index in [4.69, 9.17) is 0 Å². The summed E-state index contributed by atoms with van der Waals surface area (Å²) in [6.45, 7) is 2.04. The predicted octanol–water partition coefficient (Wildman–Crippen LogP) is 3.30. The minimum Gasteiger partial charge on any atom is -0.300 e. The SMILES string of the molecule is Cc1cccc(CSc2nc(-c3ccncc3)c(C#N)c(=O)[nH]2)c1. The lowest BCUT2D eigenvalue weighted by atomic mass is 10.1. The summed E-state index contributed by atoms with van der Waals surface area (Å²) in [4.78, 5) is 23.3. The number of H-pyrrole nitrogens is 1. The number of benzene rings is 1. The third-order valence-corrected chi connectivity index (χ3v) is 4.37. The Hall–Kier alpha value is -2.91. The zero-order chi connectivity index (χ0) is 16.9. The highest BCUT2D eigenvalue weighted by Crippen LogP contribution is 2.23. The summed E-state index contributed by atoms with van der Waals surface area (Å²) in [5.41, 5.74) is 3.01. The Morgan fingerprint density at radius 1 is 1.25 bits per heavy atom. The first kappa shape index (κ1) is 16.0. The number of aryl methyl sites for hydroxylation is 1. The van der Waals surface area contributed by atoms with Crippen LogP contribution in [0, 0.1) is 18.3 Å². The maximum absolute atomic E-state index is 12.2. The van der Waals surface area contributed by atoms with Crippen LogP contribution in [0.25, 0.3) is 11.3 Å². The van der Waals surface area contributed by atoms with Crippen LogP contribution in [0.5, 0.6) is 0 Å². The molecule has 0 aliphatic carbocycles. The number of hydrogen-bond acceptors (Lipinski definition) is 5. The molecule has 0 radical (unpaired) electrons. The van der Waals surface area contributed by atoms with Crippen LogP contribution < -0.4 is 5.56 Å². The standard InChI is InChI=1S/C18H14N4OS/c1-12-3-2-4-13(9-12)11-24-18-21-16(14-5-7-20-8-6-14)15(10-19)17(23)22-18/h2-9H,11H2,1H3,(H,21,22,23). The van der Waals surface area contributed by atoms with Gasteiger partial charge in [-0.2, -0.15) is 5.26 Å². The van der Waals surface area contributed by atoms with Crippen LogP contribution in [0.4, 0.5) is 0 Å². The highest BCUT2D eigenvalue weighted by Gasteiger charge is 2.13. The molecule has 2 heterocycles. The number of nitriles is 1. The number of rotatable bonds is 4. The lowest BCUT2D eigenvalue weighted by molar-refractivity contribution is 0.934. The van der Waals surface area contributed by atoms with Crippen LogP contribution in [0.2, 0.25) is 0 Å². The molecule has 0 fully saturated rings. The molecule has 6 heteroatoms. The van der Waals surface area contributed by atoms with Gasteiger partial charge in [-0.1, -0.05) is 41.6 Å². The second-order valence-corrected chi connectivity index (χ2v) is 6.18. The Balaban J connectivity index is 1.94. The Kier molecular flexibility index (Phi) is 4.73. The Morgan fingerprint density at radius 2 is 2.04 bits per heavy atom. The van der Waals surface area contributed by atoms with Crippen LogP contribution in [0.15, 0.2) is 58.7 Å². The first-order chi connectivity index (χ1) is 11.7. The van der Waals surface area contributed by atoms with Crippen molar-refractivity contribution in [3.05, 3.63) is 75.8 Å². The largest absolute Gasteiger partial charge is 0.300 e. The molecule has 0 unspecified atom stereocenters. The summed E-state index contributed by atoms with van der Waals surface area (Å²) in [5.74, 6) is 0.687. The molecule has 0 atom stereocenters. The van der Waals surface area contributed by atoms with E-state index < -0.39 is 5.56 Å². The normalized spacial score (nSPS) is 10.3. The van der Waals surface area contributed by atoms with E-state index >= 15 is 0 Å². The lowest BCUT2D eigenvalue weighted by Crippen LogP contribution is -2.14. The van der Waals surface area contributed by atoms with Crippen LogP contribution in [-0.4, -0.2) is 15.0 Å². The van der Waals surface area contributed by atoms with Gasteiger partial charge in [-0.3, -0.25) is 9.78 Å². The van der Waals surface area contributed by atoms with Crippen molar-refractivity contribution in [1.29, 1.82) is 5.26 Å². The zero-order valence-corrected chi connectivity index (χ0v) is 13.8. The Morgan fingerprint density at radius 3 is 2.75 bits per heavy atom. The van der Waals surface area contributed by atoms with Gasteiger partial charge in [0.25, 0.3) is 5.56 Å². The summed E-state index contributed by atoms with van der Waals surface area (Å²) in [7, 11) is 0. The van der Waals surface area contributed by atoms with E-state index in [1.165, 1.54) is 17.3 Å². The fourth-order valence-corrected chi connectivity index (χ4v) is 3.10. The molecule has 0 amide bonds. The number of hydrogen-bond donors (Lipinski definition) is 1. The highest BCUT2D eigenvalue weighted by molar-refractivity contribution is 7.98. The van der Waals surface area contributed by atoms with Gasteiger partial charge in [0, 0.05) is 23.7 Å². The van der Waals surface area contributed by atoms with Crippen LogP contribution in [0.3, 0.4) is 0 Å². The van der Waals surface area contributed by atoms with Gasteiger partial charge >= 0.3 is 0 Å². The summed E-state index contributed by atoms with van der Waals surface area (Å²) in [5, 5.41) is 9.75. The molecule has 3 aromatic rings. The van der Waals surface area contributed by atoms with Crippen molar-refractivity contribution >= 4 is 11.8 Å². The quantitative estimate of drug-likeness (QED) is 0.585. The van der Waals surface area contributed by atoms with Crippen LogP contribution >= 0.6 is 11.8 Å². The molecule has 0 aliphatic rings. The number of nitrogens with zero attached hydrogens (tertiary/aromatic N) is 3. The Bertz CT molecular complexity index is 961. The molecular formula is C18H14N4OS. The average molecular weight is 334 g/mol. The van der Waals surface area contributed by atoms with Gasteiger partial charge in [0.15, 0.2) is 5.16 Å². The molecule has 24 heavy (non-hydrogen) atoms. The van der Waals surface area contributed by atoms with Crippen molar-refractivity contribution in [2.24, 2.45) is 0 Å². The fourth-order valence-electron chi connectivity index (χ4n) is 2.30. The molecule has 1 N–H and O–H groups in total. The van der Waals surface area contributed by atoms with E-state index in [9.17, 15) is 10.1 Å². The van der Waals surface area contributed by atoms with Gasteiger partial charge in [0.1, 0.15) is 11.6 Å². The summed E-state index contributed by atoms with van der Waals surface area (Å²) < 4.78 is 0. The molecule has 118 valence electrons. The number of thioether (sulfide) groups is 1. The molecule has 0 aliphatic heterocycles. The maximum Gasteiger partial charge on any atom is 0.270 e. The maximum atomic E-state index is 12.2. The van der Waals surface area contributed by atoms with Crippen molar-refractivity contribution in [1.82, 2.24) is 15.0 Å². The summed E-state index contributed by atoms with van der Waals surface area (Å²) in [6.07, 6.45) is 3.22. The monoisotopic (exact) mass is 334 g/mol. The van der Waals surface area contributed by atoms with Gasteiger partial charge in [0.05, 0.1) is 5.69 Å². The molecule has 0 spiro atoms. The van der Waals surface area contributed by atoms with Gasteiger partial charge in [-0.15, -0.1) is 0 Å². The third kappa shape index (κ3) is 3.53. The van der Waals surface area contributed by atoms with Crippen molar-refractivity contribution in [2.45, 2.75) is 17.8 Å².